The number of thiocarbonyl (C=S) groups is 1. The number of piperidine rings is 1. The van der Waals surface area contributed by atoms with Gasteiger partial charge in [0.15, 0.2) is 0 Å². The van der Waals surface area contributed by atoms with Crippen LogP contribution in [0, 0.1) is 5.41 Å². The van der Waals surface area contributed by atoms with Crippen molar-refractivity contribution in [3.63, 3.8) is 0 Å². The number of anilines is 1. The molecule has 2 heterocycles. The lowest BCUT2D eigenvalue weighted by molar-refractivity contribution is 0.154. The zero-order chi connectivity index (χ0) is 19.1. The van der Waals surface area contributed by atoms with E-state index in [9.17, 15) is 0 Å². The van der Waals surface area contributed by atoms with Crippen molar-refractivity contribution in [2.45, 2.75) is 65.5 Å². The Morgan fingerprint density at radius 2 is 1.73 bits per heavy atom. The maximum atomic E-state index is 6.56. The monoisotopic (exact) mass is 391 g/mol. The van der Waals surface area contributed by atoms with E-state index in [0.29, 0.717) is 5.02 Å². The smallest absolute Gasteiger partial charge is 0.127 e. The van der Waals surface area contributed by atoms with Crippen molar-refractivity contribution in [1.82, 2.24) is 4.90 Å². The van der Waals surface area contributed by atoms with E-state index in [-0.39, 0.29) is 17.0 Å². The quantitative estimate of drug-likeness (QED) is 0.614. The van der Waals surface area contributed by atoms with Crippen LogP contribution in [-0.4, -0.2) is 40.4 Å². The Labute approximate surface area is 168 Å². The van der Waals surface area contributed by atoms with E-state index in [1.54, 1.807) is 0 Å². The molecule has 1 aromatic rings. The minimum absolute atomic E-state index is 0.171. The fourth-order valence-corrected chi connectivity index (χ4v) is 4.59. The summed E-state index contributed by atoms with van der Waals surface area (Å²) in [6.07, 6.45) is 3.80. The van der Waals surface area contributed by atoms with Gasteiger partial charge in [0, 0.05) is 5.41 Å². The van der Waals surface area contributed by atoms with Crippen molar-refractivity contribution >= 4 is 40.3 Å². The highest BCUT2D eigenvalue weighted by molar-refractivity contribution is 7.80. The number of benzene rings is 1. The third-order valence-electron chi connectivity index (χ3n) is 5.21. The lowest BCUT2D eigenvalue weighted by Gasteiger charge is -2.38. The summed E-state index contributed by atoms with van der Waals surface area (Å²) >= 11 is 12.6. The molecule has 0 unspecified atom stereocenters. The molecular weight excluding hydrogens is 362 g/mol. The standard InChI is InChI=1S/C21H30ClN3S/c1-20(2,3)23-18-17(24-13-9-6-10-14-24)21(4,5)19(26)25(18)16-12-8-7-11-15(16)22/h7-8,11-12,17H,6,9-10,13-14H2,1-5H3/t17-/m1/s1. The number of hydrogen-bond donors (Lipinski definition) is 0. The first-order valence-corrected chi connectivity index (χ1v) is 10.3. The SMILES string of the molecule is CC(C)(C)N=C1[C@@H](N2CCCCC2)C(C)(C)C(=S)N1c1ccccc1Cl. The minimum atomic E-state index is -0.182. The second-order valence-corrected chi connectivity index (χ2v) is 9.75. The predicted molar refractivity (Wildman–Crippen MR) is 117 cm³/mol. The molecule has 2 fully saturated rings. The number of likely N-dealkylation sites (tertiary alicyclic amines) is 1. The zero-order valence-electron chi connectivity index (χ0n) is 16.6. The van der Waals surface area contributed by atoms with Crippen LogP contribution in [0.25, 0.3) is 0 Å². The second-order valence-electron chi connectivity index (χ2n) is 8.95. The Bertz CT molecular complexity index is 714. The number of aliphatic imine (C=N–C) groups is 1. The Hall–Kier alpha value is -0.970. The van der Waals surface area contributed by atoms with Crippen molar-refractivity contribution in [1.29, 1.82) is 0 Å². The van der Waals surface area contributed by atoms with Crippen LogP contribution >= 0.6 is 23.8 Å². The number of para-hydroxylation sites is 1. The van der Waals surface area contributed by atoms with E-state index in [0.717, 1.165) is 29.6 Å². The van der Waals surface area contributed by atoms with Crippen molar-refractivity contribution in [2.75, 3.05) is 18.0 Å². The Morgan fingerprint density at radius 1 is 1.12 bits per heavy atom. The lowest BCUT2D eigenvalue weighted by atomic mass is 9.85. The van der Waals surface area contributed by atoms with Gasteiger partial charge in [-0.05, 0) is 58.8 Å². The zero-order valence-corrected chi connectivity index (χ0v) is 18.1. The molecule has 3 nitrogen and oxygen atoms in total. The van der Waals surface area contributed by atoms with Gasteiger partial charge in [0.05, 0.1) is 27.3 Å². The average molecular weight is 392 g/mol. The van der Waals surface area contributed by atoms with Crippen LogP contribution in [0.1, 0.15) is 53.9 Å². The summed E-state index contributed by atoms with van der Waals surface area (Å²) in [6, 6.07) is 8.13. The molecular formula is C21H30ClN3S. The number of hydrogen-bond acceptors (Lipinski definition) is 3. The van der Waals surface area contributed by atoms with Crippen LogP contribution in [-0.2, 0) is 0 Å². The number of halogens is 1. The first kappa shape index (κ1) is 19.8. The summed E-state index contributed by atoms with van der Waals surface area (Å²) in [7, 11) is 0. The normalized spacial score (nSPS) is 25.9. The Balaban J connectivity index is 2.15. The maximum Gasteiger partial charge on any atom is 0.127 e. The maximum absolute atomic E-state index is 6.56. The van der Waals surface area contributed by atoms with Gasteiger partial charge in [-0.25, -0.2) is 0 Å². The molecule has 2 saturated heterocycles. The van der Waals surface area contributed by atoms with Crippen LogP contribution in [0.2, 0.25) is 5.02 Å². The van der Waals surface area contributed by atoms with Crippen molar-refractivity contribution in [3.8, 4) is 0 Å². The number of nitrogens with zero attached hydrogens (tertiary/aromatic N) is 3. The summed E-state index contributed by atoms with van der Waals surface area (Å²) in [6.45, 7) is 13.2. The lowest BCUT2D eigenvalue weighted by Crippen LogP contribution is -2.50. The van der Waals surface area contributed by atoms with E-state index in [1.165, 1.54) is 19.3 Å². The molecule has 1 atom stereocenters. The highest BCUT2D eigenvalue weighted by Gasteiger charge is 2.52. The van der Waals surface area contributed by atoms with Gasteiger partial charge < -0.3 is 0 Å². The molecule has 0 amide bonds. The van der Waals surface area contributed by atoms with Gasteiger partial charge in [-0.15, -0.1) is 0 Å². The summed E-state index contributed by atoms with van der Waals surface area (Å²) < 4.78 is 0. The number of rotatable bonds is 2. The molecule has 0 saturated carbocycles. The fraction of sp³-hybridized carbons (Fsp3) is 0.619. The minimum Gasteiger partial charge on any atom is -0.293 e. The van der Waals surface area contributed by atoms with Gasteiger partial charge in [-0.2, -0.15) is 0 Å². The first-order valence-electron chi connectivity index (χ1n) is 9.56. The molecule has 0 aliphatic carbocycles. The van der Waals surface area contributed by atoms with Gasteiger partial charge in [-0.3, -0.25) is 14.8 Å². The molecule has 142 valence electrons. The highest BCUT2D eigenvalue weighted by Crippen LogP contribution is 2.43. The largest absolute Gasteiger partial charge is 0.293 e. The third-order valence-corrected chi connectivity index (χ3v) is 6.24. The molecule has 0 aromatic heterocycles. The molecule has 2 aliphatic heterocycles. The Kier molecular flexibility index (Phi) is 5.49. The Morgan fingerprint density at radius 3 is 2.31 bits per heavy atom. The van der Waals surface area contributed by atoms with Crippen LogP contribution in [0.5, 0.6) is 0 Å². The molecule has 26 heavy (non-hydrogen) atoms. The van der Waals surface area contributed by atoms with Gasteiger partial charge in [0.25, 0.3) is 0 Å². The molecule has 0 radical (unpaired) electrons. The van der Waals surface area contributed by atoms with Crippen molar-refractivity contribution in [3.05, 3.63) is 29.3 Å². The first-order chi connectivity index (χ1) is 12.1. The van der Waals surface area contributed by atoms with Crippen LogP contribution in [0.4, 0.5) is 5.69 Å². The van der Waals surface area contributed by atoms with Crippen LogP contribution < -0.4 is 4.90 Å². The van der Waals surface area contributed by atoms with Crippen molar-refractivity contribution in [2.24, 2.45) is 10.4 Å². The van der Waals surface area contributed by atoms with Crippen LogP contribution in [0.3, 0.4) is 0 Å². The van der Waals surface area contributed by atoms with E-state index < -0.39 is 0 Å². The summed E-state index contributed by atoms with van der Waals surface area (Å²) in [5.41, 5.74) is 0.587. The molecule has 0 bridgehead atoms. The molecule has 2 aliphatic rings. The van der Waals surface area contributed by atoms with E-state index in [2.05, 4.69) is 44.4 Å². The van der Waals surface area contributed by atoms with Gasteiger partial charge >= 0.3 is 0 Å². The van der Waals surface area contributed by atoms with Gasteiger partial charge in [0.1, 0.15) is 5.84 Å². The molecule has 3 rings (SSSR count). The summed E-state index contributed by atoms with van der Waals surface area (Å²) in [5.74, 6) is 1.04. The molecule has 0 N–H and O–H groups in total. The topological polar surface area (TPSA) is 18.8 Å². The summed E-state index contributed by atoms with van der Waals surface area (Å²) in [4.78, 5) is 10.8. The van der Waals surface area contributed by atoms with Crippen LogP contribution in [0.15, 0.2) is 29.3 Å². The fourth-order valence-electron chi connectivity index (χ4n) is 4.07. The number of amidine groups is 1. The van der Waals surface area contributed by atoms with Crippen molar-refractivity contribution < 1.29 is 0 Å². The second kappa shape index (κ2) is 7.21. The average Bonchev–Trinajstić information content (AvgIpc) is 2.74. The van der Waals surface area contributed by atoms with E-state index >= 15 is 0 Å². The third kappa shape index (κ3) is 3.69. The molecule has 1 aromatic carbocycles. The van der Waals surface area contributed by atoms with Gasteiger partial charge in [0.2, 0.25) is 0 Å². The van der Waals surface area contributed by atoms with E-state index in [4.69, 9.17) is 28.8 Å². The predicted octanol–water partition coefficient (Wildman–Crippen LogP) is 5.57. The summed E-state index contributed by atoms with van der Waals surface area (Å²) in [5, 5.41) is 0.714. The molecule has 5 heteroatoms. The van der Waals surface area contributed by atoms with E-state index in [1.807, 2.05) is 24.3 Å². The van der Waals surface area contributed by atoms with Gasteiger partial charge in [-0.1, -0.05) is 56.2 Å². The highest BCUT2D eigenvalue weighted by atomic mass is 35.5. The molecule has 0 spiro atoms.